The third-order valence-electron chi connectivity index (χ3n) is 15.0. The van der Waals surface area contributed by atoms with Crippen LogP contribution >= 0.6 is 0 Å². The van der Waals surface area contributed by atoms with Gasteiger partial charge < -0.3 is 14.1 Å². The molecule has 0 radical (unpaired) electrons. The van der Waals surface area contributed by atoms with Crippen LogP contribution in [0.25, 0.3) is 72.6 Å². The average molecular weight is 1100 g/mol. The normalized spacial score (nSPS) is 15.2. The van der Waals surface area contributed by atoms with E-state index in [1.54, 1.807) is 0 Å². The number of imidazole rings is 1. The second kappa shape index (κ2) is 16.5. The molecule has 0 spiro atoms. The maximum absolute atomic E-state index is 12.1. The van der Waals surface area contributed by atoms with Crippen LogP contribution in [-0.2, 0) is 31.9 Å². The Morgan fingerprint density at radius 1 is 0.586 bits per heavy atom. The van der Waals surface area contributed by atoms with Crippen molar-refractivity contribution in [2.24, 2.45) is 0 Å². The summed E-state index contributed by atoms with van der Waals surface area (Å²) in [7, 11) is 0. The van der Waals surface area contributed by atoms with Crippen molar-refractivity contribution in [3.63, 3.8) is 0 Å². The van der Waals surface area contributed by atoms with Gasteiger partial charge in [-0.05, 0) is 120 Å². The maximum atomic E-state index is 12.1. The van der Waals surface area contributed by atoms with Gasteiger partial charge in [0, 0.05) is 60.8 Å². The van der Waals surface area contributed by atoms with E-state index in [2.05, 4.69) is 207 Å². The minimum Gasteiger partial charge on any atom is -0.507 e. The molecule has 1 N–H and O–H groups in total. The van der Waals surface area contributed by atoms with E-state index >= 15 is 0 Å². The monoisotopic (exact) mass is 1100 g/mol. The number of aromatic nitrogens is 3. The standard InChI is InChI=1S/C64H58N3O2.Pt/c1-35(2)39-23-17-24-40(36(3)4)59(39)67-55-28-16-15-25-54(55)66-62(67)50-30-37(52-26-18-27-53(65-52)49-31-38(63(5,6)7)32-51(60(49)68)64(8,9)10)29-48-45-33-46-47(34-56(45)69-61(48)50)58-43-21-13-11-19-41(43)57(46)42-20-12-14-22-44(42)58;/h11-29,31-36,57-58,68H,1-10H3;/q-1;. The third-order valence-corrected chi connectivity index (χ3v) is 15.0. The average Bonchev–Trinajstić information content (AvgIpc) is 3.90. The summed E-state index contributed by atoms with van der Waals surface area (Å²) < 4.78 is 9.65. The predicted molar refractivity (Wildman–Crippen MR) is 283 cm³/mol. The molecule has 0 atom stereocenters. The molecular formula is C64H58N3O2Pt-. The second-order valence-electron chi connectivity index (χ2n) is 22.2. The summed E-state index contributed by atoms with van der Waals surface area (Å²) in [6.45, 7) is 22.2. The number of nitrogens with zero attached hydrogens (tertiary/aromatic N) is 3. The minimum absolute atomic E-state index is 0. The zero-order valence-electron chi connectivity index (χ0n) is 41.6. The molecule has 0 saturated heterocycles. The summed E-state index contributed by atoms with van der Waals surface area (Å²) in [5.74, 6) is 1.76. The molecule has 3 aromatic heterocycles. The Kier molecular flexibility index (Phi) is 10.8. The Morgan fingerprint density at radius 2 is 1.16 bits per heavy atom. The van der Waals surface area contributed by atoms with Crippen LogP contribution in [0.5, 0.6) is 5.75 Å². The van der Waals surface area contributed by atoms with Gasteiger partial charge in [0.2, 0.25) is 0 Å². The van der Waals surface area contributed by atoms with E-state index in [-0.39, 0.29) is 61.3 Å². The van der Waals surface area contributed by atoms with Gasteiger partial charge in [0.1, 0.15) is 11.3 Å². The number of para-hydroxylation sites is 3. The van der Waals surface area contributed by atoms with Crippen LogP contribution in [0.4, 0.5) is 0 Å². The van der Waals surface area contributed by atoms with Crippen LogP contribution in [0.15, 0.2) is 144 Å². The first-order valence-corrected chi connectivity index (χ1v) is 24.7. The fraction of sp³-hybridized carbons (Fsp3) is 0.250. The number of pyridine rings is 1. The Hall–Kier alpha value is -6.55. The van der Waals surface area contributed by atoms with Crippen LogP contribution in [0, 0.1) is 6.07 Å². The largest absolute Gasteiger partial charge is 0.507 e. The number of aromatic hydroxyl groups is 1. The van der Waals surface area contributed by atoms with E-state index in [0.29, 0.717) is 5.69 Å². The quantitative estimate of drug-likeness (QED) is 0.169. The number of rotatable bonds is 6. The first kappa shape index (κ1) is 45.9. The van der Waals surface area contributed by atoms with Crippen molar-refractivity contribution in [1.29, 1.82) is 0 Å². The third kappa shape index (κ3) is 7.05. The van der Waals surface area contributed by atoms with Crippen LogP contribution in [0.1, 0.15) is 149 Å². The van der Waals surface area contributed by atoms with Crippen molar-refractivity contribution in [3.05, 3.63) is 201 Å². The molecule has 7 aromatic carbocycles. The maximum Gasteiger partial charge on any atom is 0.128 e. The summed E-state index contributed by atoms with van der Waals surface area (Å²) in [5, 5.41) is 14.1. The fourth-order valence-electron chi connectivity index (χ4n) is 11.5. The van der Waals surface area contributed by atoms with Crippen LogP contribution in [0.3, 0.4) is 0 Å². The molecule has 10 aromatic rings. The van der Waals surface area contributed by atoms with Gasteiger partial charge in [-0.2, -0.15) is 0 Å². The molecule has 352 valence electrons. The molecule has 3 heterocycles. The molecule has 0 amide bonds. The van der Waals surface area contributed by atoms with Gasteiger partial charge in [-0.3, -0.25) is 9.97 Å². The van der Waals surface area contributed by atoms with Gasteiger partial charge in [0.15, 0.2) is 0 Å². The van der Waals surface area contributed by atoms with Crippen LogP contribution < -0.4 is 0 Å². The summed E-state index contributed by atoms with van der Waals surface area (Å²) >= 11 is 0. The Labute approximate surface area is 425 Å². The number of furan rings is 1. The van der Waals surface area contributed by atoms with Crippen molar-refractivity contribution in [2.45, 2.75) is 104 Å². The minimum atomic E-state index is -0.286. The molecular weight excluding hydrogens is 1040 g/mol. The van der Waals surface area contributed by atoms with Gasteiger partial charge in [-0.1, -0.05) is 172 Å². The van der Waals surface area contributed by atoms with Crippen molar-refractivity contribution in [1.82, 2.24) is 14.5 Å². The van der Waals surface area contributed by atoms with E-state index in [0.717, 1.165) is 78.0 Å². The van der Waals surface area contributed by atoms with Gasteiger partial charge in [-0.15, -0.1) is 12.1 Å². The Morgan fingerprint density at radius 3 is 1.76 bits per heavy atom. The second-order valence-corrected chi connectivity index (χ2v) is 22.2. The number of phenolic OH excluding ortho intramolecular Hbond substituents is 1. The van der Waals surface area contributed by atoms with E-state index in [9.17, 15) is 5.11 Å². The van der Waals surface area contributed by atoms with E-state index in [1.165, 1.54) is 44.5 Å². The van der Waals surface area contributed by atoms with Crippen LogP contribution in [0.2, 0.25) is 0 Å². The predicted octanol–water partition coefficient (Wildman–Crippen LogP) is 16.7. The molecule has 0 saturated carbocycles. The van der Waals surface area contributed by atoms with E-state index in [4.69, 9.17) is 14.4 Å². The molecule has 2 bridgehead atoms. The number of fused-ring (bicyclic) bond motifs is 4. The number of hydrogen-bond donors (Lipinski definition) is 1. The molecule has 3 aliphatic rings. The van der Waals surface area contributed by atoms with Crippen LogP contribution in [-0.4, -0.2) is 19.6 Å². The van der Waals surface area contributed by atoms with Gasteiger partial charge in [0.05, 0.1) is 28.1 Å². The van der Waals surface area contributed by atoms with Crippen molar-refractivity contribution < 1.29 is 30.6 Å². The van der Waals surface area contributed by atoms with Crippen molar-refractivity contribution in [3.8, 4) is 45.3 Å². The molecule has 5 nitrogen and oxygen atoms in total. The molecule has 0 fully saturated rings. The summed E-state index contributed by atoms with van der Waals surface area (Å²) in [4.78, 5) is 11.0. The smallest absolute Gasteiger partial charge is 0.128 e. The van der Waals surface area contributed by atoms with Crippen molar-refractivity contribution in [2.75, 3.05) is 0 Å². The number of benzene rings is 7. The Bertz CT molecular complexity index is 3670. The fourth-order valence-corrected chi connectivity index (χ4v) is 11.5. The first-order valence-electron chi connectivity index (χ1n) is 24.7. The zero-order valence-corrected chi connectivity index (χ0v) is 43.9. The van der Waals surface area contributed by atoms with Gasteiger partial charge >= 0.3 is 0 Å². The topological polar surface area (TPSA) is 64.1 Å². The summed E-state index contributed by atoms with van der Waals surface area (Å²) in [6.07, 6.45) is 0. The number of phenols is 1. The van der Waals surface area contributed by atoms with Gasteiger partial charge in [-0.25, -0.2) is 0 Å². The summed E-state index contributed by atoms with van der Waals surface area (Å²) in [5.41, 5.74) is 20.7. The molecule has 70 heavy (non-hydrogen) atoms. The van der Waals surface area contributed by atoms with Crippen molar-refractivity contribution >= 4 is 33.0 Å². The molecule has 0 unspecified atom stereocenters. The van der Waals surface area contributed by atoms with Gasteiger partial charge in [0.25, 0.3) is 0 Å². The SMILES string of the molecule is CC(C)c1cccc(C(C)C)c1-n1c(-c2[c-]c(-c3cccc(-c4cc(C(C)(C)C)cc(C(C)(C)C)c4O)n3)cc3c2oc2cc4c(cc23)C2c3ccccc3C4c3ccccc32)nc2ccccc21.[Pt]. The Balaban J connectivity index is 0.00000533. The summed E-state index contributed by atoms with van der Waals surface area (Å²) in [6, 6.07) is 54.4. The molecule has 0 aliphatic heterocycles. The molecule has 13 rings (SSSR count). The van der Waals surface area contributed by atoms with E-state index in [1.807, 2.05) is 12.1 Å². The zero-order chi connectivity index (χ0) is 47.8. The molecule has 3 aliphatic carbocycles. The van der Waals surface area contributed by atoms with E-state index < -0.39 is 0 Å². The first-order chi connectivity index (χ1) is 33.1. The molecule has 6 heteroatoms. The number of hydrogen-bond acceptors (Lipinski definition) is 4.